The van der Waals surface area contributed by atoms with Crippen LogP contribution in [0.1, 0.15) is 23.1 Å². The molecule has 3 aromatic carbocycles. The minimum atomic E-state index is 0. The summed E-state index contributed by atoms with van der Waals surface area (Å²) in [6.07, 6.45) is 2.12. The van der Waals surface area contributed by atoms with Gasteiger partial charge in [0.1, 0.15) is 0 Å². The topological polar surface area (TPSA) is 0 Å². The maximum atomic E-state index is 2.20. The van der Waals surface area contributed by atoms with Crippen molar-refractivity contribution in [2.75, 3.05) is 0 Å². The number of rotatable bonds is 5. The largest absolute Gasteiger partial charge is 1.00 e. The van der Waals surface area contributed by atoms with Crippen molar-refractivity contribution in [2.45, 2.75) is 12.8 Å². The fourth-order valence-electron chi connectivity index (χ4n) is 2.65. The van der Waals surface area contributed by atoms with Gasteiger partial charge in [0, 0.05) is 0 Å². The zero-order chi connectivity index (χ0) is 14.3. The van der Waals surface area contributed by atoms with Gasteiger partial charge in [-0.15, -0.1) is 41.3 Å². The van der Waals surface area contributed by atoms with Gasteiger partial charge in [-0.25, -0.2) is 0 Å². The molecule has 0 bridgehead atoms. The van der Waals surface area contributed by atoms with E-state index in [-0.39, 0.29) is 29.6 Å². The van der Waals surface area contributed by atoms with Crippen LogP contribution in [-0.4, -0.2) is 0 Å². The summed E-state index contributed by atoms with van der Waals surface area (Å²) in [4.78, 5) is 0. The van der Waals surface area contributed by atoms with Crippen LogP contribution < -0.4 is 29.6 Å². The van der Waals surface area contributed by atoms with Crippen LogP contribution in [0.25, 0.3) is 0 Å². The molecule has 0 nitrogen and oxygen atoms in total. The molecule has 0 saturated heterocycles. The molecule has 0 amide bonds. The van der Waals surface area contributed by atoms with Crippen molar-refractivity contribution in [1.82, 2.24) is 0 Å². The Morgan fingerprint density at radius 2 is 0.955 bits per heavy atom. The van der Waals surface area contributed by atoms with Gasteiger partial charge in [0.25, 0.3) is 0 Å². The van der Waals surface area contributed by atoms with Gasteiger partial charge in [0.2, 0.25) is 0 Å². The van der Waals surface area contributed by atoms with E-state index in [1.54, 1.807) is 0 Å². The van der Waals surface area contributed by atoms with Gasteiger partial charge < -0.3 is 0 Å². The third-order valence-electron chi connectivity index (χ3n) is 3.75. The molecule has 0 aliphatic heterocycles. The van der Waals surface area contributed by atoms with Crippen LogP contribution in [0.4, 0.5) is 0 Å². The van der Waals surface area contributed by atoms with Gasteiger partial charge in [0.15, 0.2) is 0 Å². The molecule has 0 spiro atoms. The SMILES string of the molecule is [Na+].c1ccc(CC[C-](c2ccccc2)c2ccccc2)cc1. The van der Waals surface area contributed by atoms with Crippen LogP contribution in [-0.2, 0) is 6.42 Å². The summed E-state index contributed by atoms with van der Waals surface area (Å²) in [6.45, 7) is 0. The van der Waals surface area contributed by atoms with E-state index in [4.69, 9.17) is 0 Å². The molecule has 1 heteroatoms. The van der Waals surface area contributed by atoms with Crippen LogP contribution in [0.2, 0.25) is 0 Å². The Morgan fingerprint density at radius 3 is 1.41 bits per heavy atom. The smallest absolute Gasteiger partial charge is 0.120 e. The normalized spacial score (nSPS) is 9.82. The summed E-state index contributed by atoms with van der Waals surface area (Å²) in [5, 5.41) is 0. The summed E-state index contributed by atoms with van der Waals surface area (Å²) in [5.41, 5.74) is 4.03. The second-order valence-electron chi connectivity index (χ2n) is 5.20. The average Bonchev–Trinajstić information content (AvgIpc) is 2.58. The summed E-state index contributed by atoms with van der Waals surface area (Å²) in [7, 11) is 0. The Bertz CT molecular complexity index is 608. The summed E-state index contributed by atoms with van der Waals surface area (Å²) >= 11 is 0. The standard InChI is InChI=1S/C21H19.Na/c1-4-10-18(11-5-1)16-17-21(19-12-6-2-7-13-19)20-14-8-3-9-15-20;/h1-15H,16-17H2;/q-1;+1. The molecule has 0 aliphatic rings. The van der Waals surface area contributed by atoms with E-state index in [2.05, 4.69) is 91.0 Å². The molecule has 0 aromatic heterocycles. The predicted molar refractivity (Wildman–Crippen MR) is 89.1 cm³/mol. The van der Waals surface area contributed by atoms with Crippen LogP contribution >= 0.6 is 0 Å². The van der Waals surface area contributed by atoms with E-state index in [0.29, 0.717) is 0 Å². The number of hydrogen-bond acceptors (Lipinski definition) is 0. The summed E-state index contributed by atoms with van der Waals surface area (Å²) in [6, 6.07) is 32.1. The molecule has 0 N–H and O–H groups in total. The van der Waals surface area contributed by atoms with Gasteiger partial charge in [-0.1, -0.05) is 73.2 Å². The molecule has 3 aromatic rings. The molecule has 0 heterocycles. The molecule has 0 atom stereocenters. The third kappa shape index (κ3) is 4.51. The first-order chi connectivity index (χ1) is 10.4. The molecule has 3 rings (SSSR count). The Morgan fingerprint density at radius 1 is 0.545 bits per heavy atom. The van der Waals surface area contributed by atoms with Crippen LogP contribution in [0.3, 0.4) is 0 Å². The third-order valence-corrected chi connectivity index (χ3v) is 3.75. The minimum absolute atomic E-state index is 0. The van der Waals surface area contributed by atoms with E-state index in [1.807, 2.05) is 0 Å². The van der Waals surface area contributed by atoms with E-state index in [1.165, 1.54) is 22.6 Å². The van der Waals surface area contributed by atoms with Gasteiger partial charge >= 0.3 is 29.6 Å². The quantitative estimate of drug-likeness (QED) is 0.500. The number of benzene rings is 3. The molecule has 104 valence electrons. The summed E-state index contributed by atoms with van der Waals surface area (Å²) < 4.78 is 0. The van der Waals surface area contributed by atoms with Crippen molar-refractivity contribution in [2.24, 2.45) is 0 Å². The number of hydrogen-bond donors (Lipinski definition) is 0. The molecule has 0 aliphatic carbocycles. The second-order valence-corrected chi connectivity index (χ2v) is 5.20. The van der Waals surface area contributed by atoms with Crippen molar-refractivity contribution in [3.8, 4) is 0 Å². The zero-order valence-electron chi connectivity index (χ0n) is 13.1. The van der Waals surface area contributed by atoms with E-state index >= 15 is 0 Å². The van der Waals surface area contributed by atoms with Gasteiger partial charge in [-0.3, -0.25) is 0 Å². The van der Waals surface area contributed by atoms with Crippen molar-refractivity contribution >= 4 is 0 Å². The Labute approximate surface area is 155 Å². The van der Waals surface area contributed by atoms with Gasteiger partial charge in [-0.2, -0.15) is 0 Å². The zero-order valence-corrected chi connectivity index (χ0v) is 15.1. The van der Waals surface area contributed by atoms with Crippen LogP contribution in [0, 0.1) is 5.92 Å². The first-order valence-electron chi connectivity index (χ1n) is 7.44. The van der Waals surface area contributed by atoms with Crippen LogP contribution in [0.15, 0.2) is 91.0 Å². The Balaban J connectivity index is 0.00000176. The van der Waals surface area contributed by atoms with Crippen molar-refractivity contribution in [3.05, 3.63) is 114 Å². The fraction of sp³-hybridized carbons (Fsp3) is 0.0952. The van der Waals surface area contributed by atoms with Crippen molar-refractivity contribution in [1.29, 1.82) is 0 Å². The predicted octanol–water partition coefficient (Wildman–Crippen LogP) is 2.29. The van der Waals surface area contributed by atoms with Crippen LogP contribution in [0.5, 0.6) is 0 Å². The Hall–Kier alpha value is -1.47. The molecular weight excluding hydrogens is 275 g/mol. The molecule has 22 heavy (non-hydrogen) atoms. The minimum Gasteiger partial charge on any atom is -0.120 e. The molecule has 0 fully saturated rings. The van der Waals surface area contributed by atoms with Crippen molar-refractivity contribution < 1.29 is 29.6 Å². The average molecular weight is 294 g/mol. The molecule has 0 unspecified atom stereocenters. The van der Waals surface area contributed by atoms with Gasteiger partial charge in [0.05, 0.1) is 0 Å². The van der Waals surface area contributed by atoms with E-state index < -0.39 is 0 Å². The number of aryl methyl sites for hydroxylation is 1. The fourth-order valence-corrected chi connectivity index (χ4v) is 2.65. The maximum absolute atomic E-state index is 2.20. The molecule has 0 radical (unpaired) electrons. The maximum Gasteiger partial charge on any atom is 1.00 e. The molecule has 0 saturated carbocycles. The Kier molecular flexibility index (Phi) is 6.79. The first kappa shape index (κ1) is 16.9. The van der Waals surface area contributed by atoms with Crippen molar-refractivity contribution in [3.63, 3.8) is 0 Å². The first-order valence-corrected chi connectivity index (χ1v) is 7.44. The second kappa shape index (κ2) is 8.85. The van der Waals surface area contributed by atoms with E-state index in [9.17, 15) is 0 Å². The monoisotopic (exact) mass is 294 g/mol. The summed E-state index contributed by atoms with van der Waals surface area (Å²) in [5.74, 6) is 1.42. The molecular formula is C21H19Na. The van der Waals surface area contributed by atoms with E-state index in [0.717, 1.165) is 12.8 Å². The van der Waals surface area contributed by atoms with Gasteiger partial charge in [-0.05, 0) is 12.0 Å².